The second-order valence-electron chi connectivity index (χ2n) is 3.35. The van der Waals surface area contributed by atoms with Crippen LogP contribution in [0.3, 0.4) is 0 Å². The zero-order valence-corrected chi connectivity index (χ0v) is 9.63. The summed E-state index contributed by atoms with van der Waals surface area (Å²) < 4.78 is 5.06. The molecule has 1 aromatic rings. The van der Waals surface area contributed by atoms with Gasteiger partial charge in [0.1, 0.15) is 5.75 Å². The summed E-state index contributed by atoms with van der Waals surface area (Å²) in [4.78, 5) is 14.3. The lowest BCUT2D eigenvalue weighted by atomic mass is 10.3. The minimum atomic E-state index is -0.274. The largest absolute Gasteiger partial charge is 0.427 e. The number of thioether (sulfide) groups is 1. The van der Waals surface area contributed by atoms with Crippen molar-refractivity contribution in [3.63, 3.8) is 0 Å². The minimum Gasteiger partial charge on any atom is -0.427 e. The normalized spacial score (nSPS) is 13.9. The molecule has 4 heteroatoms. The van der Waals surface area contributed by atoms with Crippen LogP contribution in [0.1, 0.15) is 13.8 Å². The third-order valence-corrected chi connectivity index (χ3v) is 3.39. The van der Waals surface area contributed by atoms with Crippen molar-refractivity contribution in [2.45, 2.75) is 18.7 Å². The fraction of sp³-hybridized carbons (Fsp3) is 0.364. The highest BCUT2D eigenvalue weighted by molar-refractivity contribution is 7.99. The highest BCUT2D eigenvalue weighted by Crippen LogP contribution is 2.40. The van der Waals surface area contributed by atoms with Crippen molar-refractivity contribution < 1.29 is 9.53 Å². The quantitative estimate of drug-likeness (QED) is 0.569. The fourth-order valence-corrected chi connectivity index (χ4v) is 2.69. The van der Waals surface area contributed by atoms with E-state index in [9.17, 15) is 4.79 Å². The van der Waals surface area contributed by atoms with Gasteiger partial charge in [0.25, 0.3) is 0 Å². The van der Waals surface area contributed by atoms with E-state index < -0.39 is 0 Å². The monoisotopic (exact) mass is 223 g/mol. The number of anilines is 1. The highest BCUT2D eigenvalue weighted by atomic mass is 32.2. The number of carbonyl (C=O) groups excluding carboxylic acids is 1. The third kappa shape index (κ3) is 2.09. The number of fused-ring (bicyclic) bond motifs is 1. The molecule has 0 aliphatic carbocycles. The molecule has 0 amide bonds. The third-order valence-electron chi connectivity index (χ3n) is 2.29. The van der Waals surface area contributed by atoms with E-state index in [4.69, 9.17) is 4.74 Å². The van der Waals surface area contributed by atoms with Gasteiger partial charge in [-0.25, -0.2) is 0 Å². The second kappa shape index (κ2) is 4.14. The maximum atomic E-state index is 10.8. The van der Waals surface area contributed by atoms with E-state index in [-0.39, 0.29) is 5.97 Å². The Balaban J connectivity index is 2.28. The molecule has 0 fully saturated rings. The van der Waals surface area contributed by atoms with Crippen molar-refractivity contribution >= 4 is 23.4 Å². The summed E-state index contributed by atoms with van der Waals surface area (Å²) in [5, 5.41) is 0. The molecule has 15 heavy (non-hydrogen) atoms. The number of benzene rings is 1. The predicted octanol–water partition coefficient (Wildman–Crippen LogP) is 2.50. The first-order chi connectivity index (χ1) is 7.20. The van der Waals surface area contributed by atoms with E-state index in [2.05, 4.69) is 11.8 Å². The summed E-state index contributed by atoms with van der Waals surface area (Å²) in [6.07, 6.45) is 0. The molecule has 0 unspecified atom stereocenters. The summed E-state index contributed by atoms with van der Waals surface area (Å²) in [5.41, 5.74) is 1.17. The number of esters is 1. The minimum absolute atomic E-state index is 0.274. The fourth-order valence-electron chi connectivity index (χ4n) is 1.57. The molecule has 0 saturated carbocycles. The van der Waals surface area contributed by atoms with Crippen LogP contribution in [0.25, 0.3) is 0 Å². The zero-order valence-electron chi connectivity index (χ0n) is 8.82. The molecule has 2 rings (SSSR count). The zero-order chi connectivity index (χ0) is 10.8. The Bertz CT molecular complexity index is 392. The van der Waals surface area contributed by atoms with Crippen molar-refractivity contribution in [3.8, 4) is 5.75 Å². The van der Waals surface area contributed by atoms with Crippen LogP contribution in [0.5, 0.6) is 5.75 Å². The maximum absolute atomic E-state index is 10.8. The maximum Gasteiger partial charge on any atom is 0.308 e. The Labute approximate surface area is 93.4 Å². The highest BCUT2D eigenvalue weighted by Gasteiger charge is 2.18. The lowest BCUT2D eigenvalue weighted by Crippen LogP contribution is -2.17. The number of hydrogen-bond acceptors (Lipinski definition) is 4. The molecule has 80 valence electrons. The molecule has 1 aromatic carbocycles. The lowest BCUT2D eigenvalue weighted by molar-refractivity contribution is -0.131. The van der Waals surface area contributed by atoms with Crippen molar-refractivity contribution in [1.82, 2.24) is 0 Å². The predicted molar refractivity (Wildman–Crippen MR) is 61.5 cm³/mol. The molecule has 3 nitrogen and oxygen atoms in total. The molecule has 0 aromatic heterocycles. The van der Waals surface area contributed by atoms with Crippen molar-refractivity contribution in [2.24, 2.45) is 0 Å². The van der Waals surface area contributed by atoms with Crippen LogP contribution < -0.4 is 9.64 Å². The second-order valence-corrected chi connectivity index (χ2v) is 4.34. The van der Waals surface area contributed by atoms with Gasteiger partial charge in [0.05, 0.1) is 11.6 Å². The van der Waals surface area contributed by atoms with Gasteiger partial charge >= 0.3 is 5.97 Å². The van der Waals surface area contributed by atoms with Crippen molar-refractivity contribution in [1.29, 1.82) is 0 Å². The Morgan fingerprint density at radius 3 is 3.07 bits per heavy atom. The van der Waals surface area contributed by atoms with Crippen LogP contribution in [0.4, 0.5) is 5.69 Å². The summed E-state index contributed by atoms with van der Waals surface area (Å²) in [6.45, 7) is 4.51. The molecular weight excluding hydrogens is 210 g/mol. The summed E-state index contributed by atoms with van der Waals surface area (Å²) in [5.74, 6) is 1.33. The SMILES string of the molecule is CCN1CSc2ccc(OC(C)=O)cc21. The van der Waals surface area contributed by atoms with Gasteiger partial charge < -0.3 is 9.64 Å². The van der Waals surface area contributed by atoms with Gasteiger partial charge in [-0.3, -0.25) is 4.79 Å². The van der Waals surface area contributed by atoms with E-state index in [1.54, 1.807) is 0 Å². The summed E-state index contributed by atoms with van der Waals surface area (Å²) >= 11 is 1.81. The van der Waals surface area contributed by atoms with Crippen LogP contribution >= 0.6 is 11.8 Å². The van der Waals surface area contributed by atoms with Crippen molar-refractivity contribution in [3.05, 3.63) is 18.2 Å². The molecule has 1 heterocycles. The Morgan fingerprint density at radius 2 is 2.40 bits per heavy atom. The molecule has 0 spiro atoms. The number of nitrogens with zero attached hydrogens (tertiary/aromatic N) is 1. The van der Waals surface area contributed by atoms with E-state index in [0.29, 0.717) is 5.75 Å². The molecule has 0 atom stereocenters. The Kier molecular flexibility index (Phi) is 2.86. The van der Waals surface area contributed by atoms with E-state index in [1.807, 2.05) is 30.0 Å². The lowest BCUT2D eigenvalue weighted by Gasteiger charge is -2.15. The average molecular weight is 223 g/mol. The molecule has 0 bridgehead atoms. The topological polar surface area (TPSA) is 29.5 Å². The van der Waals surface area contributed by atoms with Gasteiger partial charge in [-0.2, -0.15) is 0 Å². The van der Waals surface area contributed by atoms with Gasteiger partial charge in [0.2, 0.25) is 0 Å². The molecule has 1 aliphatic rings. The Morgan fingerprint density at radius 1 is 1.60 bits per heavy atom. The van der Waals surface area contributed by atoms with Gasteiger partial charge in [0.15, 0.2) is 0 Å². The van der Waals surface area contributed by atoms with Crippen LogP contribution in [-0.2, 0) is 4.79 Å². The van der Waals surface area contributed by atoms with Gasteiger partial charge in [-0.05, 0) is 19.1 Å². The number of rotatable bonds is 2. The Hall–Kier alpha value is -1.16. The van der Waals surface area contributed by atoms with Gasteiger partial charge in [0, 0.05) is 24.4 Å². The summed E-state index contributed by atoms with van der Waals surface area (Å²) in [6, 6.07) is 5.78. The first kappa shape index (κ1) is 10.4. The average Bonchev–Trinajstić information content (AvgIpc) is 2.59. The van der Waals surface area contributed by atoms with Gasteiger partial charge in [-0.1, -0.05) is 0 Å². The van der Waals surface area contributed by atoms with E-state index in [1.165, 1.54) is 17.5 Å². The molecule has 0 N–H and O–H groups in total. The molecule has 0 radical (unpaired) electrons. The molecule has 0 saturated heterocycles. The number of ether oxygens (including phenoxy) is 1. The van der Waals surface area contributed by atoms with Crippen LogP contribution in [0, 0.1) is 0 Å². The van der Waals surface area contributed by atoms with E-state index >= 15 is 0 Å². The van der Waals surface area contributed by atoms with Crippen LogP contribution in [0.2, 0.25) is 0 Å². The van der Waals surface area contributed by atoms with E-state index in [0.717, 1.165) is 12.4 Å². The standard InChI is InChI=1S/C11H13NO2S/c1-3-12-7-15-11-5-4-9(6-10(11)12)14-8(2)13/h4-6H,3,7H2,1-2H3. The number of carbonyl (C=O) groups is 1. The first-order valence-corrected chi connectivity index (χ1v) is 5.89. The van der Waals surface area contributed by atoms with Crippen LogP contribution in [-0.4, -0.2) is 18.4 Å². The molecule has 1 aliphatic heterocycles. The van der Waals surface area contributed by atoms with Crippen LogP contribution in [0.15, 0.2) is 23.1 Å². The van der Waals surface area contributed by atoms with Gasteiger partial charge in [-0.15, -0.1) is 11.8 Å². The first-order valence-electron chi connectivity index (χ1n) is 4.91. The van der Waals surface area contributed by atoms with Crippen molar-refractivity contribution in [2.75, 3.05) is 17.3 Å². The summed E-state index contributed by atoms with van der Waals surface area (Å²) in [7, 11) is 0. The number of hydrogen-bond donors (Lipinski definition) is 0. The smallest absolute Gasteiger partial charge is 0.308 e. The molecular formula is C11H13NO2S.